The van der Waals surface area contributed by atoms with Crippen molar-refractivity contribution in [3.05, 3.63) is 21.9 Å². The Morgan fingerprint density at radius 1 is 1.53 bits per heavy atom. The number of halogens is 1. The lowest BCUT2D eigenvalue weighted by Crippen LogP contribution is -1.98. The van der Waals surface area contributed by atoms with Gasteiger partial charge < -0.3 is 5.32 Å². The average molecular weight is 288 g/mol. The van der Waals surface area contributed by atoms with Crippen molar-refractivity contribution in [2.24, 2.45) is 0 Å². The lowest BCUT2D eigenvalue weighted by atomic mass is 10.4. The van der Waals surface area contributed by atoms with E-state index < -0.39 is 0 Å². The normalized spacial score (nSPS) is 10.5. The Bertz CT molecular complexity index is 438. The van der Waals surface area contributed by atoms with Crippen molar-refractivity contribution < 1.29 is 0 Å². The molecule has 0 radical (unpaired) electrons. The van der Waals surface area contributed by atoms with Crippen LogP contribution in [0.1, 0.15) is 12.5 Å². The van der Waals surface area contributed by atoms with E-state index >= 15 is 0 Å². The Balaban J connectivity index is 1.93. The molecule has 0 unspecified atom stereocenters. The highest BCUT2D eigenvalue weighted by Crippen LogP contribution is 2.20. The van der Waals surface area contributed by atoms with Crippen molar-refractivity contribution in [3.63, 3.8) is 0 Å². The smallest absolute Gasteiger partial charge is 0.206 e. The van der Waals surface area contributed by atoms with Crippen molar-refractivity contribution in [1.82, 2.24) is 20.0 Å². The van der Waals surface area contributed by atoms with Gasteiger partial charge in [-0.15, -0.1) is 10.2 Å². The molecule has 0 spiro atoms. The fourth-order valence-electron chi connectivity index (χ4n) is 1.13. The van der Waals surface area contributed by atoms with Crippen molar-refractivity contribution in [3.8, 4) is 0 Å². The van der Waals surface area contributed by atoms with Gasteiger partial charge in [-0.25, -0.2) is 0 Å². The van der Waals surface area contributed by atoms with E-state index in [9.17, 15) is 0 Å². The fourth-order valence-corrected chi connectivity index (χ4v) is 2.13. The van der Waals surface area contributed by atoms with Crippen LogP contribution in [0.25, 0.3) is 0 Å². The molecule has 0 aliphatic rings. The standard InChI is InChI=1S/C8H10BrN5S/c1-2-14-5-6(4-11-14)3-10-8-13-12-7(9)15-8/h4-5H,2-3H2,1H3,(H,10,13). The SMILES string of the molecule is CCn1cc(CNc2nnc(Br)s2)cn1. The second kappa shape index (κ2) is 4.71. The predicted octanol–water partition coefficient (Wildman–Crippen LogP) is 2.13. The first-order valence-electron chi connectivity index (χ1n) is 4.52. The van der Waals surface area contributed by atoms with Crippen LogP contribution < -0.4 is 5.32 Å². The monoisotopic (exact) mass is 287 g/mol. The summed E-state index contributed by atoms with van der Waals surface area (Å²) in [5.74, 6) is 0. The molecule has 2 rings (SSSR count). The number of nitrogens with one attached hydrogen (secondary N) is 1. The minimum Gasteiger partial charge on any atom is -0.356 e. The highest BCUT2D eigenvalue weighted by atomic mass is 79.9. The second-order valence-electron chi connectivity index (χ2n) is 2.92. The average Bonchev–Trinajstić information content (AvgIpc) is 2.83. The highest BCUT2D eigenvalue weighted by Gasteiger charge is 2.01. The number of hydrogen-bond donors (Lipinski definition) is 1. The molecule has 7 heteroatoms. The summed E-state index contributed by atoms with van der Waals surface area (Å²) in [6.45, 7) is 3.68. The lowest BCUT2D eigenvalue weighted by Gasteiger charge is -1.97. The van der Waals surface area contributed by atoms with Gasteiger partial charge in [-0.1, -0.05) is 11.3 Å². The highest BCUT2D eigenvalue weighted by molar-refractivity contribution is 9.11. The minimum atomic E-state index is 0.724. The summed E-state index contributed by atoms with van der Waals surface area (Å²) in [6.07, 6.45) is 3.87. The molecule has 0 amide bonds. The molecule has 2 aromatic heterocycles. The van der Waals surface area contributed by atoms with E-state index in [0.29, 0.717) is 0 Å². The van der Waals surface area contributed by atoms with Crippen molar-refractivity contribution in [2.45, 2.75) is 20.0 Å². The molecule has 0 aromatic carbocycles. The zero-order valence-electron chi connectivity index (χ0n) is 8.14. The molecule has 0 atom stereocenters. The number of anilines is 1. The van der Waals surface area contributed by atoms with Gasteiger partial charge in [-0.05, 0) is 22.9 Å². The summed E-state index contributed by atoms with van der Waals surface area (Å²) in [5, 5.41) is 16.0. The quantitative estimate of drug-likeness (QED) is 0.936. The van der Waals surface area contributed by atoms with Crippen LogP contribution in [-0.4, -0.2) is 20.0 Å². The number of hydrogen-bond acceptors (Lipinski definition) is 5. The summed E-state index contributed by atoms with van der Waals surface area (Å²) in [5.41, 5.74) is 1.14. The van der Waals surface area contributed by atoms with Crippen LogP contribution in [0.3, 0.4) is 0 Å². The molecule has 0 bridgehead atoms. The van der Waals surface area contributed by atoms with Crippen LogP contribution in [0.5, 0.6) is 0 Å². The maximum Gasteiger partial charge on any atom is 0.206 e. The van der Waals surface area contributed by atoms with Gasteiger partial charge in [0.05, 0.1) is 6.20 Å². The van der Waals surface area contributed by atoms with E-state index in [1.165, 1.54) is 11.3 Å². The lowest BCUT2D eigenvalue weighted by molar-refractivity contribution is 0.659. The van der Waals surface area contributed by atoms with Crippen molar-refractivity contribution >= 4 is 32.4 Å². The van der Waals surface area contributed by atoms with Crippen LogP contribution in [0.15, 0.2) is 16.3 Å². The molecule has 0 aliphatic carbocycles. The molecule has 0 saturated heterocycles. The Labute approximate surface area is 99.7 Å². The van der Waals surface area contributed by atoms with Crippen LogP contribution >= 0.6 is 27.3 Å². The van der Waals surface area contributed by atoms with Crippen LogP contribution in [-0.2, 0) is 13.1 Å². The molecule has 15 heavy (non-hydrogen) atoms. The molecular formula is C8H10BrN5S. The van der Waals surface area contributed by atoms with E-state index in [1.54, 1.807) is 0 Å². The number of nitrogens with zero attached hydrogens (tertiary/aromatic N) is 4. The maximum atomic E-state index is 4.19. The Morgan fingerprint density at radius 3 is 3.00 bits per heavy atom. The molecule has 1 N–H and O–H groups in total. The van der Waals surface area contributed by atoms with Gasteiger partial charge >= 0.3 is 0 Å². The molecule has 5 nitrogen and oxygen atoms in total. The molecule has 0 saturated carbocycles. The third-order valence-corrected chi connectivity index (χ3v) is 3.17. The number of aromatic nitrogens is 4. The van der Waals surface area contributed by atoms with Gasteiger partial charge in [-0.3, -0.25) is 4.68 Å². The van der Waals surface area contributed by atoms with E-state index in [4.69, 9.17) is 0 Å². The Kier molecular flexibility index (Phi) is 3.32. The molecule has 0 fully saturated rings. The van der Waals surface area contributed by atoms with Crippen LogP contribution in [0.4, 0.5) is 5.13 Å². The topological polar surface area (TPSA) is 55.6 Å². The summed E-state index contributed by atoms with van der Waals surface area (Å²) < 4.78 is 2.68. The third kappa shape index (κ3) is 2.75. The fraction of sp³-hybridized carbons (Fsp3) is 0.375. The van der Waals surface area contributed by atoms with E-state index in [0.717, 1.165) is 27.7 Å². The van der Waals surface area contributed by atoms with Gasteiger partial charge in [0.15, 0.2) is 3.92 Å². The van der Waals surface area contributed by atoms with Crippen LogP contribution in [0.2, 0.25) is 0 Å². The number of rotatable bonds is 4. The van der Waals surface area contributed by atoms with E-state index in [2.05, 4.69) is 43.5 Å². The first-order valence-corrected chi connectivity index (χ1v) is 6.13. The minimum absolute atomic E-state index is 0.724. The number of aryl methyl sites for hydroxylation is 1. The zero-order chi connectivity index (χ0) is 10.7. The first-order chi connectivity index (χ1) is 7.28. The Morgan fingerprint density at radius 2 is 2.40 bits per heavy atom. The molecule has 0 aliphatic heterocycles. The van der Waals surface area contributed by atoms with Crippen molar-refractivity contribution in [2.75, 3.05) is 5.32 Å². The molecule has 80 valence electrons. The Hall–Kier alpha value is -0.950. The summed E-state index contributed by atoms with van der Waals surface area (Å²) in [7, 11) is 0. The molecular weight excluding hydrogens is 278 g/mol. The third-order valence-electron chi connectivity index (χ3n) is 1.85. The molecule has 2 heterocycles. The summed E-state index contributed by atoms with van der Waals surface area (Å²) >= 11 is 4.74. The summed E-state index contributed by atoms with van der Waals surface area (Å²) in [4.78, 5) is 0. The van der Waals surface area contributed by atoms with E-state index in [-0.39, 0.29) is 0 Å². The van der Waals surface area contributed by atoms with Crippen LogP contribution in [0, 0.1) is 0 Å². The largest absolute Gasteiger partial charge is 0.356 e. The van der Waals surface area contributed by atoms with Gasteiger partial charge in [0.25, 0.3) is 0 Å². The summed E-state index contributed by atoms with van der Waals surface area (Å²) in [6, 6.07) is 0. The maximum absolute atomic E-state index is 4.19. The van der Waals surface area contributed by atoms with E-state index in [1.807, 2.05) is 17.1 Å². The van der Waals surface area contributed by atoms with Gasteiger partial charge in [0.1, 0.15) is 0 Å². The van der Waals surface area contributed by atoms with Gasteiger partial charge in [-0.2, -0.15) is 5.10 Å². The van der Waals surface area contributed by atoms with Gasteiger partial charge in [0, 0.05) is 24.8 Å². The second-order valence-corrected chi connectivity index (χ2v) is 5.17. The first kappa shape index (κ1) is 10.6. The molecule has 2 aromatic rings. The van der Waals surface area contributed by atoms with Gasteiger partial charge in [0.2, 0.25) is 5.13 Å². The zero-order valence-corrected chi connectivity index (χ0v) is 10.5. The predicted molar refractivity (Wildman–Crippen MR) is 62.8 cm³/mol. The van der Waals surface area contributed by atoms with Crippen molar-refractivity contribution in [1.29, 1.82) is 0 Å².